The number of aliphatic carboxylic acids is 1. The van der Waals surface area contributed by atoms with Crippen molar-refractivity contribution in [3.05, 3.63) is 36.2 Å². The first-order chi connectivity index (χ1) is 8.20. The van der Waals surface area contributed by atoms with Crippen LogP contribution in [-0.2, 0) is 11.2 Å². The van der Waals surface area contributed by atoms with Gasteiger partial charge >= 0.3 is 5.97 Å². The summed E-state index contributed by atoms with van der Waals surface area (Å²) in [6, 6.07) is 7.29. The van der Waals surface area contributed by atoms with Crippen molar-refractivity contribution in [3.63, 3.8) is 0 Å². The average Bonchev–Trinajstić information content (AvgIpc) is 2.76. The van der Waals surface area contributed by atoms with Crippen LogP contribution < -0.4 is 4.74 Å². The molecular weight excluding hydrogens is 222 g/mol. The molecule has 1 heterocycles. The molecule has 0 fully saturated rings. The Morgan fingerprint density at radius 2 is 2.35 bits per heavy atom. The van der Waals surface area contributed by atoms with Crippen molar-refractivity contribution in [3.8, 4) is 16.9 Å². The largest absolute Gasteiger partial charge is 0.497 e. The Morgan fingerprint density at radius 1 is 1.53 bits per heavy atom. The van der Waals surface area contributed by atoms with E-state index >= 15 is 0 Å². The van der Waals surface area contributed by atoms with Gasteiger partial charge in [0.2, 0.25) is 0 Å². The summed E-state index contributed by atoms with van der Waals surface area (Å²) in [5.41, 5.74) is 1.90. The Hall–Kier alpha value is -2.30. The van der Waals surface area contributed by atoms with Crippen LogP contribution in [0.5, 0.6) is 5.75 Å². The summed E-state index contributed by atoms with van der Waals surface area (Å²) in [5, 5.41) is 12.4. The SMILES string of the molecule is COc1cccc(-c2conc2CC(=O)O)c1. The number of carboxylic acids is 1. The van der Waals surface area contributed by atoms with Gasteiger partial charge in [0.15, 0.2) is 0 Å². The van der Waals surface area contributed by atoms with Gasteiger partial charge in [0.1, 0.15) is 17.7 Å². The average molecular weight is 233 g/mol. The normalized spacial score (nSPS) is 10.2. The zero-order valence-electron chi connectivity index (χ0n) is 9.21. The molecule has 0 aliphatic carbocycles. The topological polar surface area (TPSA) is 72.6 Å². The molecule has 1 aromatic carbocycles. The molecule has 0 aliphatic rings. The minimum Gasteiger partial charge on any atom is -0.497 e. The maximum atomic E-state index is 10.7. The molecular formula is C12H11NO4. The van der Waals surface area contributed by atoms with Crippen molar-refractivity contribution < 1.29 is 19.2 Å². The van der Waals surface area contributed by atoms with Crippen molar-refractivity contribution in [2.45, 2.75) is 6.42 Å². The molecule has 0 amide bonds. The van der Waals surface area contributed by atoms with Gasteiger partial charge in [0.25, 0.3) is 0 Å². The highest BCUT2D eigenvalue weighted by Crippen LogP contribution is 2.26. The number of aromatic nitrogens is 1. The first-order valence-corrected chi connectivity index (χ1v) is 5.00. The number of nitrogens with zero attached hydrogens (tertiary/aromatic N) is 1. The summed E-state index contributed by atoms with van der Waals surface area (Å²) in [6.07, 6.45) is 1.27. The highest BCUT2D eigenvalue weighted by Gasteiger charge is 2.13. The number of hydrogen-bond acceptors (Lipinski definition) is 4. The lowest BCUT2D eigenvalue weighted by Crippen LogP contribution is -2.01. The van der Waals surface area contributed by atoms with Gasteiger partial charge in [0.05, 0.1) is 13.5 Å². The second-order valence-corrected chi connectivity index (χ2v) is 3.48. The van der Waals surface area contributed by atoms with Gasteiger partial charge in [-0.2, -0.15) is 0 Å². The molecule has 0 bridgehead atoms. The Balaban J connectivity index is 2.38. The van der Waals surface area contributed by atoms with Gasteiger partial charge in [-0.15, -0.1) is 0 Å². The molecule has 0 unspecified atom stereocenters. The molecule has 88 valence electrons. The maximum absolute atomic E-state index is 10.7. The van der Waals surface area contributed by atoms with Crippen molar-refractivity contribution in [1.82, 2.24) is 5.16 Å². The Labute approximate surface area is 97.6 Å². The minimum atomic E-state index is -0.942. The number of ether oxygens (including phenoxy) is 1. The first kappa shape index (κ1) is 11.2. The first-order valence-electron chi connectivity index (χ1n) is 5.00. The van der Waals surface area contributed by atoms with E-state index in [4.69, 9.17) is 14.4 Å². The van der Waals surface area contributed by atoms with Crippen LogP contribution in [0.3, 0.4) is 0 Å². The summed E-state index contributed by atoms with van der Waals surface area (Å²) in [7, 11) is 1.57. The number of hydrogen-bond donors (Lipinski definition) is 1. The fraction of sp³-hybridized carbons (Fsp3) is 0.167. The van der Waals surface area contributed by atoms with Crippen LogP contribution in [0.15, 0.2) is 35.1 Å². The van der Waals surface area contributed by atoms with Gasteiger partial charge in [-0.3, -0.25) is 4.79 Å². The summed E-state index contributed by atoms with van der Waals surface area (Å²) >= 11 is 0. The summed E-state index contributed by atoms with van der Waals surface area (Å²) in [4.78, 5) is 10.7. The molecule has 0 saturated carbocycles. The molecule has 0 atom stereocenters. The van der Waals surface area contributed by atoms with E-state index in [1.807, 2.05) is 18.2 Å². The van der Waals surface area contributed by atoms with E-state index in [0.29, 0.717) is 17.0 Å². The van der Waals surface area contributed by atoms with E-state index in [2.05, 4.69) is 5.16 Å². The minimum absolute atomic E-state index is 0.164. The van der Waals surface area contributed by atoms with Crippen LogP contribution in [0.25, 0.3) is 11.1 Å². The van der Waals surface area contributed by atoms with Crippen LogP contribution in [0.4, 0.5) is 0 Å². The van der Waals surface area contributed by atoms with E-state index in [0.717, 1.165) is 5.56 Å². The number of carbonyl (C=O) groups is 1. The summed E-state index contributed by atoms with van der Waals surface area (Å²) < 4.78 is 9.93. The molecule has 5 nitrogen and oxygen atoms in total. The number of carboxylic acid groups (broad SMARTS) is 1. The second-order valence-electron chi connectivity index (χ2n) is 3.48. The Morgan fingerprint density at radius 3 is 3.06 bits per heavy atom. The van der Waals surface area contributed by atoms with Gasteiger partial charge in [-0.05, 0) is 17.7 Å². The quantitative estimate of drug-likeness (QED) is 0.874. The van der Waals surface area contributed by atoms with E-state index in [9.17, 15) is 4.79 Å². The lowest BCUT2D eigenvalue weighted by atomic mass is 10.0. The van der Waals surface area contributed by atoms with Gasteiger partial charge in [-0.1, -0.05) is 17.3 Å². The molecule has 2 aromatic rings. The van der Waals surface area contributed by atoms with Crippen molar-refractivity contribution in [1.29, 1.82) is 0 Å². The summed E-state index contributed by atoms with van der Waals surface area (Å²) in [5.74, 6) is -0.243. The predicted molar refractivity (Wildman–Crippen MR) is 59.8 cm³/mol. The molecule has 1 N–H and O–H groups in total. The van der Waals surface area contributed by atoms with Crippen molar-refractivity contribution in [2.75, 3.05) is 7.11 Å². The molecule has 0 saturated heterocycles. The highest BCUT2D eigenvalue weighted by molar-refractivity contribution is 5.75. The lowest BCUT2D eigenvalue weighted by molar-refractivity contribution is -0.136. The third-order valence-corrected chi connectivity index (χ3v) is 2.34. The Bertz CT molecular complexity index is 533. The number of benzene rings is 1. The fourth-order valence-corrected chi connectivity index (χ4v) is 1.56. The highest BCUT2D eigenvalue weighted by atomic mass is 16.5. The third kappa shape index (κ3) is 2.44. The zero-order valence-corrected chi connectivity index (χ0v) is 9.21. The smallest absolute Gasteiger partial charge is 0.309 e. The molecule has 17 heavy (non-hydrogen) atoms. The number of rotatable bonds is 4. The molecule has 0 radical (unpaired) electrons. The van der Waals surface area contributed by atoms with Crippen LogP contribution >= 0.6 is 0 Å². The predicted octanol–water partition coefficient (Wildman–Crippen LogP) is 1.98. The molecule has 5 heteroatoms. The molecule has 0 aliphatic heterocycles. The van der Waals surface area contributed by atoms with Gasteiger partial charge in [0, 0.05) is 5.56 Å². The van der Waals surface area contributed by atoms with E-state index in [1.54, 1.807) is 13.2 Å². The van der Waals surface area contributed by atoms with Crippen LogP contribution in [-0.4, -0.2) is 23.3 Å². The van der Waals surface area contributed by atoms with E-state index in [-0.39, 0.29) is 6.42 Å². The number of methoxy groups -OCH3 is 1. The monoisotopic (exact) mass is 233 g/mol. The zero-order chi connectivity index (χ0) is 12.3. The second kappa shape index (κ2) is 4.69. The van der Waals surface area contributed by atoms with Crippen LogP contribution in [0.2, 0.25) is 0 Å². The van der Waals surface area contributed by atoms with Crippen molar-refractivity contribution in [2.24, 2.45) is 0 Å². The van der Waals surface area contributed by atoms with E-state index < -0.39 is 5.97 Å². The Kier molecular flexibility index (Phi) is 3.09. The third-order valence-electron chi connectivity index (χ3n) is 2.34. The maximum Gasteiger partial charge on any atom is 0.309 e. The fourth-order valence-electron chi connectivity index (χ4n) is 1.56. The lowest BCUT2D eigenvalue weighted by Gasteiger charge is -2.03. The van der Waals surface area contributed by atoms with Crippen LogP contribution in [0, 0.1) is 0 Å². The van der Waals surface area contributed by atoms with Gasteiger partial charge < -0.3 is 14.4 Å². The molecule has 2 rings (SSSR count). The molecule has 1 aromatic heterocycles. The van der Waals surface area contributed by atoms with Gasteiger partial charge in [-0.25, -0.2) is 0 Å². The van der Waals surface area contributed by atoms with Crippen LogP contribution in [0.1, 0.15) is 5.69 Å². The summed E-state index contributed by atoms with van der Waals surface area (Å²) in [6.45, 7) is 0. The molecule has 0 spiro atoms. The standard InChI is InChI=1S/C12H11NO4/c1-16-9-4-2-3-8(5-9)10-7-17-13-11(10)6-12(14)15/h2-5,7H,6H2,1H3,(H,14,15). The van der Waals surface area contributed by atoms with E-state index in [1.165, 1.54) is 6.26 Å². The van der Waals surface area contributed by atoms with Crippen molar-refractivity contribution >= 4 is 5.97 Å².